The summed E-state index contributed by atoms with van der Waals surface area (Å²) in [6.07, 6.45) is 8.90. The summed E-state index contributed by atoms with van der Waals surface area (Å²) in [6.45, 7) is 0. The van der Waals surface area contributed by atoms with Crippen LogP contribution in [0.1, 0.15) is 10.9 Å². The van der Waals surface area contributed by atoms with Crippen LogP contribution in [0.4, 0.5) is 5.69 Å². The van der Waals surface area contributed by atoms with Crippen LogP contribution in [0.15, 0.2) is 102 Å². The second-order valence-corrected chi connectivity index (χ2v) is 6.77. The van der Waals surface area contributed by atoms with Gasteiger partial charge < -0.3 is 0 Å². The molecule has 0 amide bonds. The molecule has 0 bridgehead atoms. The van der Waals surface area contributed by atoms with E-state index < -0.39 is 4.92 Å². The summed E-state index contributed by atoms with van der Waals surface area (Å²) in [4.78, 5) is 14.9. The Kier molecular flexibility index (Phi) is 6.73. The van der Waals surface area contributed by atoms with Gasteiger partial charge in [-0.15, -0.1) is 11.8 Å². The highest BCUT2D eigenvalue weighted by Crippen LogP contribution is 2.28. The van der Waals surface area contributed by atoms with Crippen molar-refractivity contribution in [2.24, 2.45) is 4.99 Å². The van der Waals surface area contributed by atoms with Crippen molar-refractivity contribution in [3.05, 3.63) is 112 Å². The highest BCUT2D eigenvalue weighted by Gasteiger charge is 2.19. The zero-order chi connectivity index (χ0) is 18.9. The number of hydrogen-bond donors (Lipinski definition) is 1. The number of hydrogen-bond acceptors (Lipinski definition) is 5. The van der Waals surface area contributed by atoms with E-state index in [9.17, 15) is 10.1 Å². The summed E-state index contributed by atoms with van der Waals surface area (Å²) in [5.41, 5.74) is 2.82. The monoisotopic (exact) mass is 377 g/mol. The molecule has 1 aliphatic carbocycles. The predicted octanol–water partition coefficient (Wildman–Crippen LogP) is 5.02. The van der Waals surface area contributed by atoms with Gasteiger partial charge in [0.25, 0.3) is 0 Å². The second kappa shape index (κ2) is 9.66. The molecular weight excluding hydrogens is 358 g/mol. The lowest BCUT2D eigenvalue weighted by Gasteiger charge is -2.24. The molecule has 0 heterocycles. The highest BCUT2D eigenvalue weighted by atomic mass is 32.2. The SMILES string of the molecule is O=[N+]([O-])C=CSC(NC1C=CC=CC1=Nc1ccccc1)c1ccccc1. The maximum Gasteiger partial charge on any atom is 0.240 e. The lowest BCUT2D eigenvalue weighted by Crippen LogP contribution is -2.36. The van der Waals surface area contributed by atoms with Crippen LogP contribution in [-0.2, 0) is 0 Å². The number of aliphatic imine (C=N–C) groups is 1. The number of thioether (sulfide) groups is 1. The zero-order valence-electron chi connectivity index (χ0n) is 14.5. The van der Waals surface area contributed by atoms with Gasteiger partial charge in [-0.25, -0.2) is 0 Å². The molecule has 2 aromatic rings. The Morgan fingerprint density at radius 2 is 1.78 bits per heavy atom. The van der Waals surface area contributed by atoms with Gasteiger partial charge in [0.15, 0.2) is 0 Å². The third-order valence-electron chi connectivity index (χ3n) is 3.85. The van der Waals surface area contributed by atoms with Crippen molar-refractivity contribution in [2.75, 3.05) is 0 Å². The minimum Gasteiger partial charge on any atom is -0.290 e. The fraction of sp³-hybridized carbons (Fsp3) is 0.0952. The van der Waals surface area contributed by atoms with Gasteiger partial charge in [-0.1, -0.05) is 66.8 Å². The van der Waals surface area contributed by atoms with E-state index in [4.69, 9.17) is 4.99 Å². The number of benzene rings is 2. The van der Waals surface area contributed by atoms with Crippen molar-refractivity contribution >= 4 is 23.2 Å². The summed E-state index contributed by atoms with van der Waals surface area (Å²) >= 11 is 1.36. The topological polar surface area (TPSA) is 67.5 Å². The van der Waals surface area contributed by atoms with E-state index in [0.29, 0.717) is 0 Å². The average molecular weight is 377 g/mol. The minimum atomic E-state index is -0.458. The number of nitrogens with zero attached hydrogens (tertiary/aromatic N) is 2. The van der Waals surface area contributed by atoms with Gasteiger partial charge in [0.1, 0.15) is 0 Å². The fourth-order valence-corrected chi connectivity index (χ4v) is 3.47. The second-order valence-electron chi connectivity index (χ2n) is 5.76. The molecule has 136 valence electrons. The van der Waals surface area contributed by atoms with Crippen LogP contribution in [-0.4, -0.2) is 16.7 Å². The smallest absolute Gasteiger partial charge is 0.240 e. The first kappa shape index (κ1) is 18.8. The Balaban J connectivity index is 1.82. The Labute approximate surface area is 162 Å². The fourth-order valence-electron chi connectivity index (χ4n) is 2.60. The normalized spacial score (nSPS) is 18.8. The number of rotatable bonds is 7. The number of para-hydroxylation sites is 1. The Morgan fingerprint density at radius 1 is 1.07 bits per heavy atom. The summed E-state index contributed by atoms with van der Waals surface area (Å²) in [5, 5.41) is 15.5. The maximum atomic E-state index is 10.6. The van der Waals surface area contributed by atoms with Crippen LogP contribution in [0.25, 0.3) is 0 Å². The first-order valence-corrected chi connectivity index (χ1v) is 9.42. The van der Waals surface area contributed by atoms with Gasteiger partial charge in [-0.05, 0) is 23.8 Å². The van der Waals surface area contributed by atoms with Crippen LogP contribution in [0.5, 0.6) is 0 Å². The number of allylic oxidation sites excluding steroid dienone is 2. The molecule has 0 spiro atoms. The third kappa shape index (κ3) is 5.77. The van der Waals surface area contributed by atoms with Gasteiger partial charge >= 0.3 is 0 Å². The largest absolute Gasteiger partial charge is 0.290 e. The molecule has 5 nitrogen and oxygen atoms in total. The molecule has 0 fully saturated rings. The van der Waals surface area contributed by atoms with Crippen LogP contribution in [0.2, 0.25) is 0 Å². The van der Waals surface area contributed by atoms with Crippen molar-refractivity contribution in [1.82, 2.24) is 5.32 Å². The zero-order valence-corrected chi connectivity index (χ0v) is 15.3. The number of nitrogens with one attached hydrogen (secondary N) is 1. The van der Waals surface area contributed by atoms with Gasteiger partial charge in [0.05, 0.1) is 27.7 Å². The molecule has 1 aliphatic rings. The highest BCUT2D eigenvalue weighted by molar-refractivity contribution is 8.02. The molecule has 1 N–H and O–H groups in total. The molecule has 27 heavy (non-hydrogen) atoms. The van der Waals surface area contributed by atoms with Crippen molar-refractivity contribution in [3.63, 3.8) is 0 Å². The van der Waals surface area contributed by atoms with E-state index in [1.165, 1.54) is 17.2 Å². The van der Waals surface area contributed by atoms with E-state index in [1.807, 2.05) is 85.0 Å². The van der Waals surface area contributed by atoms with Crippen LogP contribution >= 0.6 is 11.8 Å². The first-order valence-electron chi connectivity index (χ1n) is 8.47. The Bertz CT molecular complexity index is 877. The standard InChI is InChI=1S/C21H19N3O2S/c25-24(26)15-16-27-21(17-9-3-1-4-10-17)23-20-14-8-7-13-19(20)22-18-11-5-2-6-12-18/h1-16,20-21,23H. The molecule has 2 atom stereocenters. The van der Waals surface area contributed by atoms with Gasteiger partial charge in [0, 0.05) is 5.41 Å². The summed E-state index contributed by atoms with van der Waals surface area (Å²) in [7, 11) is 0. The van der Waals surface area contributed by atoms with E-state index >= 15 is 0 Å². The number of nitro groups is 1. The molecule has 0 saturated heterocycles. The van der Waals surface area contributed by atoms with Crippen molar-refractivity contribution < 1.29 is 4.92 Å². The minimum absolute atomic E-state index is 0.100. The van der Waals surface area contributed by atoms with E-state index in [-0.39, 0.29) is 11.4 Å². The van der Waals surface area contributed by atoms with Gasteiger partial charge in [-0.2, -0.15) is 0 Å². The molecule has 3 rings (SSSR count). The maximum absolute atomic E-state index is 10.6. The molecule has 6 heteroatoms. The summed E-state index contributed by atoms with van der Waals surface area (Å²) in [5.74, 6) is 0. The molecule has 0 aliphatic heterocycles. The van der Waals surface area contributed by atoms with E-state index in [0.717, 1.165) is 23.2 Å². The van der Waals surface area contributed by atoms with Crippen LogP contribution < -0.4 is 5.32 Å². The van der Waals surface area contributed by atoms with Gasteiger partial charge in [-0.3, -0.25) is 20.4 Å². The molecule has 2 aromatic carbocycles. The van der Waals surface area contributed by atoms with Crippen LogP contribution in [0.3, 0.4) is 0 Å². The summed E-state index contributed by atoms with van der Waals surface area (Å²) in [6, 6.07) is 19.5. The third-order valence-corrected chi connectivity index (χ3v) is 4.80. The quantitative estimate of drug-likeness (QED) is 0.418. The molecule has 0 radical (unpaired) electrons. The molecular formula is C21H19N3O2S. The average Bonchev–Trinajstić information content (AvgIpc) is 2.70. The molecule has 0 aromatic heterocycles. The van der Waals surface area contributed by atoms with Crippen molar-refractivity contribution in [2.45, 2.75) is 11.4 Å². The summed E-state index contributed by atoms with van der Waals surface area (Å²) < 4.78 is 0. The Hall–Kier alpha value is -2.96. The first-order chi connectivity index (χ1) is 13.2. The molecule has 0 saturated carbocycles. The lowest BCUT2D eigenvalue weighted by atomic mass is 10.1. The predicted molar refractivity (Wildman–Crippen MR) is 112 cm³/mol. The van der Waals surface area contributed by atoms with E-state index in [2.05, 4.69) is 5.32 Å². The molecule has 2 unspecified atom stereocenters. The Morgan fingerprint density at radius 3 is 2.48 bits per heavy atom. The van der Waals surface area contributed by atoms with Crippen LogP contribution in [0, 0.1) is 10.1 Å². The van der Waals surface area contributed by atoms with Crippen molar-refractivity contribution in [3.8, 4) is 0 Å². The van der Waals surface area contributed by atoms with E-state index in [1.54, 1.807) is 0 Å². The van der Waals surface area contributed by atoms with Crippen molar-refractivity contribution in [1.29, 1.82) is 0 Å². The lowest BCUT2D eigenvalue weighted by molar-refractivity contribution is -0.402. The van der Waals surface area contributed by atoms with Gasteiger partial charge in [0.2, 0.25) is 6.20 Å².